The van der Waals surface area contributed by atoms with Crippen LogP contribution in [0.25, 0.3) is 22.0 Å². The van der Waals surface area contributed by atoms with Gasteiger partial charge in [-0.1, -0.05) is 75.7 Å². The fourth-order valence-electron chi connectivity index (χ4n) is 2.58. The molecule has 0 aliphatic rings. The molecular weight excluding hydrogens is 266 g/mol. The quantitative estimate of drug-likeness (QED) is 0.535. The highest BCUT2D eigenvalue weighted by molar-refractivity contribution is 5.88. The first kappa shape index (κ1) is 16.2. The first-order valence-electron chi connectivity index (χ1n) is 8.11. The first-order valence-corrected chi connectivity index (χ1v) is 8.11. The predicted molar refractivity (Wildman–Crippen MR) is 97.4 cm³/mol. The molecule has 114 valence electrons. The summed E-state index contributed by atoms with van der Waals surface area (Å²) in [7, 11) is 0. The Bertz CT molecular complexity index is 739. The Kier molecular flexibility index (Phi) is 5.32. The fraction of sp³-hybridized carbons (Fsp3) is 0.286. The molecule has 3 aromatic rings. The van der Waals surface area contributed by atoms with Crippen molar-refractivity contribution in [1.82, 2.24) is 4.98 Å². The molecule has 0 atom stereocenters. The Balaban J connectivity index is 0.000000847. The molecular formula is C21H25N. The van der Waals surface area contributed by atoms with E-state index in [1.54, 1.807) is 0 Å². The van der Waals surface area contributed by atoms with Crippen LogP contribution < -0.4 is 0 Å². The van der Waals surface area contributed by atoms with Gasteiger partial charge in [0.25, 0.3) is 0 Å². The summed E-state index contributed by atoms with van der Waals surface area (Å²) in [5.74, 6) is 0.519. The molecule has 1 heteroatoms. The van der Waals surface area contributed by atoms with Crippen LogP contribution in [0.4, 0.5) is 0 Å². The normalized spacial score (nSPS) is 10.5. The van der Waals surface area contributed by atoms with Crippen LogP contribution in [-0.4, -0.2) is 4.98 Å². The first-order chi connectivity index (χ1) is 10.6. The number of aryl methyl sites for hydroxylation is 1. The summed E-state index contributed by atoms with van der Waals surface area (Å²) in [5, 5.41) is 2.53. The van der Waals surface area contributed by atoms with Crippen molar-refractivity contribution < 1.29 is 0 Å². The summed E-state index contributed by atoms with van der Waals surface area (Å²) < 4.78 is 0. The van der Waals surface area contributed by atoms with Gasteiger partial charge in [0.15, 0.2) is 0 Å². The van der Waals surface area contributed by atoms with Gasteiger partial charge in [-0.25, -0.2) is 0 Å². The molecule has 0 N–H and O–H groups in total. The molecule has 0 bridgehead atoms. The largest absolute Gasteiger partial charge is 0.256 e. The highest BCUT2D eigenvalue weighted by atomic mass is 14.7. The molecule has 0 aliphatic carbocycles. The molecule has 0 saturated heterocycles. The summed E-state index contributed by atoms with van der Waals surface area (Å²) in [6.07, 6.45) is 2.01. The molecule has 0 fully saturated rings. The van der Waals surface area contributed by atoms with Gasteiger partial charge < -0.3 is 0 Å². The van der Waals surface area contributed by atoms with Crippen molar-refractivity contribution in [3.8, 4) is 11.3 Å². The Morgan fingerprint density at radius 1 is 0.909 bits per heavy atom. The molecule has 3 rings (SSSR count). The van der Waals surface area contributed by atoms with Gasteiger partial charge >= 0.3 is 0 Å². The average molecular weight is 291 g/mol. The van der Waals surface area contributed by atoms with Gasteiger partial charge in [0.1, 0.15) is 0 Å². The molecule has 0 unspecified atom stereocenters. The van der Waals surface area contributed by atoms with Crippen LogP contribution in [0.2, 0.25) is 0 Å². The van der Waals surface area contributed by atoms with E-state index >= 15 is 0 Å². The molecule has 22 heavy (non-hydrogen) atoms. The van der Waals surface area contributed by atoms with E-state index in [-0.39, 0.29) is 0 Å². The minimum Gasteiger partial charge on any atom is -0.256 e. The van der Waals surface area contributed by atoms with E-state index < -0.39 is 0 Å². The average Bonchev–Trinajstić information content (AvgIpc) is 2.56. The molecule has 0 amide bonds. The lowest BCUT2D eigenvalue weighted by Gasteiger charge is -2.10. The van der Waals surface area contributed by atoms with Crippen LogP contribution in [-0.2, 0) is 0 Å². The maximum atomic E-state index is 4.65. The smallest absolute Gasteiger partial charge is 0.0708 e. The summed E-state index contributed by atoms with van der Waals surface area (Å²) in [6.45, 7) is 10.6. The second-order valence-corrected chi connectivity index (χ2v) is 5.66. The van der Waals surface area contributed by atoms with Gasteiger partial charge in [0.2, 0.25) is 0 Å². The number of nitrogens with zero attached hydrogens (tertiary/aromatic N) is 1. The SMILES string of the molecule is CC.Cc1ccc(-c2cc3cccc(C(C)C)c3cn2)cc1. The van der Waals surface area contributed by atoms with E-state index in [0.717, 1.165) is 5.69 Å². The molecule has 0 saturated carbocycles. The third-order valence-electron chi connectivity index (χ3n) is 3.77. The number of pyridine rings is 1. The highest BCUT2D eigenvalue weighted by Gasteiger charge is 2.07. The van der Waals surface area contributed by atoms with Crippen molar-refractivity contribution in [2.45, 2.75) is 40.5 Å². The van der Waals surface area contributed by atoms with Gasteiger partial charge in [-0.15, -0.1) is 0 Å². The lowest BCUT2D eigenvalue weighted by atomic mass is 9.96. The van der Waals surface area contributed by atoms with E-state index in [1.807, 2.05) is 20.0 Å². The number of benzene rings is 2. The summed E-state index contributed by atoms with van der Waals surface area (Å²) in [5.41, 5.74) is 4.85. The zero-order valence-electron chi connectivity index (χ0n) is 14.2. The minimum absolute atomic E-state index is 0.519. The second kappa shape index (κ2) is 7.22. The van der Waals surface area contributed by atoms with Crippen LogP contribution in [0.15, 0.2) is 54.7 Å². The van der Waals surface area contributed by atoms with E-state index in [1.165, 1.54) is 27.5 Å². The van der Waals surface area contributed by atoms with Gasteiger partial charge in [-0.05, 0) is 29.9 Å². The zero-order chi connectivity index (χ0) is 16.1. The van der Waals surface area contributed by atoms with Crippen LogP contribution >= 0.6 is 0 Å². The van der Waals surface area contributed by atoms with Gasteiger partial charge in [0.05, 0.1) is 5.69 Å². The topological polar surface area (TPSA) is 12.9 Å². The molecule has 0 spiro atoms. The second-order valence-electron chi connectivity index (χ2n) is 5.66. The van der Waals surface area contributed by atoms with E-state index in [2.05, 4.69) is 74.3 Å². The molecule has 2 aromatic carbocycles. The Morgan fingerprint density at radius 2 is 1.59 bits per heavy atom. The maximum Gasteiger partial charge on any atom is 0.0708 e. The van der Waals surface area contributed by atoms with Crippen molar-refractivity contribution in [3.05, 3.63) is 65.9 Å². The highest BCUT2D eigenvalue weighted by Crippen LogP contribution is 2.27. The number of hydrogen-bond acceptors (Lipinski definition) is 1. The van der Waals surface area contributed by atoms with E-state index in [9.17, 15) is 0 Å². The van der Waals surface area contributed by atoms with Crippen molar-refractivity contribution in [1.29, 1.82) is 0 Å². The molecule has 1 heterocycles. The summed E-state index contributed by atoms with van der Waals surface area (Å²) in [6, 6.07) is 17.2. The van der Waals surface area contributed by atoms with Gasteiger partial charge in [0, 0.05) is 17.1 Å². The van der Waals surface area contributed by atoms with Crippen molar-refractivity contribution in [3.63, 3.8) is 0 Å². The van der Waals surface area contributed by atoms with Gasteiger partial charge in [-0.3, -0.25) is 4.98 Å². The monoisotopic (exact) mass is 291 g/mol. The Morgan fingerprint density at radius 3 is 2.23 bits per heavy atom. The Hall–Kier alpha value is -2.15. The van der Waals surface area contributed by atoms with Crippen LogP contribution in [0.3, 0.4) is 0 Å². The van der Waals surface area contributed by atoms with Gasteiger partial charge in [-0.2, -0.15) is 0 Å². The van der Waals surface area contributed by atoms with Crippen LogP contribution in [0.5, 0.6) is 0 Å². The third-order valence-corrected chi connectivity index (χ3v) is 3.77. The van der Waals surface area contributed by atoms with Crippen LogP contribution in [0, 0.1) is 6.92 Å². The molecule has 1 nitrogen and oxygen atoms in total. The Labute approximate surface area is 134 Å². The number of fused-ring (bicyclic) bond motifs is 1. The van der Waals surface area contributed by atoms with Crippen molar-refractivity contribution >= 4 is 10.8 Å². The standard InChI is InChI=1S/C19H19N.C2H6/c1-13(2)17-6-4-5-16-11-19(20-12-18(16)17)15-9-7-14(3)8-10-15;1-2/h4-13H,1-3H3;1-2H3. The zero-order valence-corrected chi connectivity index (χ0v) is 14.2. The molecule has 0 aliphatic heterocycles. The van der Waals surface area contributed by atoms with E-state index in [4.69, 9.17) is 0 Å². The minimum atomic E-state index is 0.519. The van der Waals surface area contributed by atoms with Crippen molar-refractivity contribution in [2.75, 3.05) is 0 Å². The number of rotatable bonds is 2. The van der Waals surface area contributed by atoms with Crippen LogP contribution in [0.1, 0.15) is 44.7 Å². The number of hydrogen-bond donors (Lipinski definition) is 0. The lowest BCUT2D eigenvalue weighted by molar-refractivity contribution is 0.876. The fourth-order valence-corrected chi connectivity index (χ4v) is 2.58. The molecule has 0 radical (unpaired) electrons. The maximum absolute atomic E-state index is 4.65. The molecule has 1 aromatic heterocycles. The number of aromatic nitrogens is 1. The van der Waals surface area contributed by atoms with Crippen molar-refractivity contribution in [2.24, 2.45) is 0 Å². The summed E-state index contributed by atoms with van der Waals surface area (Å²) >= 11 is 0. The third kappa shape index (κ3) is 3.36. The van der Waals surface area contributed by atoms with E-state index in [0.29, 0.717) is 5.92 Å². The summed E-state index contributed by atoms with van der Waals surface area (Å²) in [4.78, 5) is 4.65. The lowest BCUT2D eigenvalue weighted by Crippen LogP contribution is -1.91. The predicted octanol–water partition coefficient (Wildman–Crippen LogP) is 6.36.